The molecule has 2 aromatic heterocycles. The number of rotatable bonds is 3. The Bertz CT molecular complexity index is 792. The van der Waals surface area contributed by atoms with Gasteiger partial charge >= 0.3 is 0 Å². The number of nitrogens with zero attached hydrogens (tertiary/aromatic N) is 2. The molecule has 1 aromatic carbocycles. The molecule has 3 aromatic rings. The number of nitriles is 1. The molecule has 0 aliphatic rings. The third kappa shape index (κ3) is 2.30. The highest BCUT2D eigenvalue weighted by Crippen LogP contribution is 2.23. The van der Waals surface area contributed by atoms with Gasteiger partial charge in [0.05, 0.1) is 22.7 Å². The van der Waals surface area contributed by atoms with Crippen molar-refractivity contribution in [3.8, 4) is 6.07 Å². The van der Waals surface area contributed by atoms with Crippen molar-refractivity contribution in [2.45, 2.75) is 26.2 Å². The second-order valence-electron chi connectivity index (χ2n) is 5.08. The topological polar surface area (TPSA) is 65.6 Å². The molecular weight excluding hydrogens is 250 g/mol. The van der Waals surface area contributed by atoms with E-state index in [2.05, 4.69) is 23.0 Å². The van der Waals surface area contributed by atoms with E-state index in [1.807, 2.05) is 31.2 Å². The minimum absolute atomic E-state index is 0.264. The van der Waals surface area contributed by atoms with Crippen molar-refractivity contribution in [2.75, 3.05) is 0 Å². The number of hydrogen-bond donors (Lipinski definition) is 1. The SMILES string of the molecule is Cc1ccc(C(C)Cc2nc3ccc(C#N)cc3[nH]2)o1. The zero-order valence-electron chi connectivity index (χ0n) is 11.5. The summed E-state index contributed by atoms with van der Waals surface area (Å²) in [5, 5.41) is 8.90. The number of aromatic amines is 1. The van der Waals surface area contributed by atoms with Crippen LogP contribution in [0, 0.1) is 18.3 Å². The fourth-order valence-electron chi connectivity index (χ4n) is 2.34. The number of benzene rings is 1. The number of imidazole rings is 1. The summed E-state index contributed by atoms with van der Waals surface area (Å²) >= 11 is 0. The van der Waals surface area contributed by atoms with Crippen LogP contribution in [0.3, 0.4) is 0 Å². The van der Waals surface area contributed by atoms with E-state index in [0.29, 0.717) is 5.56 Å². The summed E-state index contributed by atoms with van der Waals surface area (Å²) in [6.45, 7) is 4.06. The molecule has 1 N–H and O–H groups in total. The fourth-order valence-corrected chi connectivity index (χ4v) is 2.34. The highest BCUT2D eigenvalue weighted by molar-refractivity contribution is 5.76. The van der Waals surface area contributed by atoms with Gasteiger partial charge in [-0.25, -0.2) is 4.98 Å². The molecule has 20 heavy (non-hydrogen) atoms. The average molecular weight is 265 g/mol. The first kappa shape index (κ1) is 12.5. The predicted octanol–water partition coefficient (Wildman–Crippen LogP) is 3.68. The van der Waals surface area contributed by atoms with Gasteiger partial charge in [0.25, 0.3) is 0 Å². The van der Waals surface area contributed by atoms with Crippen LogP contribution in [0.5, 0.6) is 0 Å². The number of fused-ring (bicyclic) bond motifs is 1. The van der Waals surface area contributed by atoms with E-state index >= 15 is 0 Å². The van der Waals surface area contributed by atoms with Gasteiger partial charge in [0.2, 0.25) is 0 Å². The summed E-state index contributed by atoms with van der Waals surface area (Å²) in [6.07, 6.45) is 0.781. The van der Waals surface area contributed by atoms with Crippen LogP contribution in [0.4, 0.5) is 0 Å². The largest absolute Gasteiger partial charge is 0.466 e. The zero-order chi connectivity index (χ0) is 14.1. The third-order valence-electron chi connectivity index (χ3n) is 3.41. The highest BCUT2D eigenvalue weighted by atomic mass is 16.3. The van der Waals surface area contributed by atoms with E-state index in [0.717, 1.165) is 34.8 Å². The normalized spacial score (nSPS) is 12.4. The molecule has 0 saturated carbocycles. The molecule has 0 amide bonds. The van der Waals surface area contributed by atoms with E-state index in [1.165, 1.54) is 0 Å². The summed E-state index contributed by atoms with van der Waals surface area (Å²) in [5.74, 6) is 3.08. The lowest BCUT2D eigenvalue weighted by atomic mass is 10.1. The summed E-state index contributed by atoms with van der Waals surface area (Å²) in [5.41, 5.74) is 2.44. The molecule has 1 atom stereocenters. The Labute approximate surface area is 117 Å². The van der Waals surface area contributed by atoms with E-state index in [-0.39, 0.29) is 5.92 Å². The Morgan fingerprint density at radius 3 is 2.90 bits per heavy atom. The Morgan fingerprint density at radius 2 is 2.20 bits per heavy atom. The lowest BCUT2D eigenvalue weighted by molar-refractivity contribution is 0.449. The number of aryl methyl sites for hydroxylation is 1. The zero-order valence-corrected chi connectivity index (χ0v) is 11.5. The third-order valence-corrected chi connectivity index (χ3v) is 3.41. The average Bonchev–Trinajstić information content (AvgIpc) is 3.03. The van der Waals surface area contributed by atoms with Crippen LogP contribution >= 0.6 is 0 Å². The maximum atomic E-state index is 8.90. The monoisotopic (exact) mass is 265 g/mol. The van der Waals surface area contributed by atoms with Crippen LogP contribution in [0.25, 0.3) is 11.0 Å². The molecule has 0 radical (unpaired) electrons. The number of hydrogen-bond acceptors (Lipinski definition) is 3. The number of H-pyrrole nitrogens is 1. The second-order valence-corrected chi connectivity index (χ2v) is 5.08. The maximum absolute atomic E-state index is 8.90. The molecule has 4 nitrogen and oxygen atoms in total. The van der Waals surface area contributed by atoms with Gasteiger partial charge in [0, 0.05) is 12.3 Å². The lowest BCUT2D eigenvalue weighted by Crippen LogP contribution is -1.98. The first-order valence-electron chi connectivity index (χ1n) is 6.61. The summed E-state index contributed by atoms with van der Waals surface area (Å²) < 4.78 is 5.64. The molecule has 100 valence electrons. The van der Waals surface area contributed by atoms with E-state index in [4.69, 9.17) is 9.68 Å². The van der Waals surface area contributed by atoms with Gasteiger partial charge in [-0.05, 0) is 37.3 Å². The van der Waals surface area contributed by atoms with Crippen LogP contribution in [0.15, 0.2) is 34.7 Å². The number of nitrogens with one attached hydrogen (secondary N) is 1. The van der Waals surface area contributed by atoms with Crippen LogP contribution in [0.1, 0.15) is 35.7 Å². The van der Waals surface area contributed by atoms with Gasteiger partial charge in [-0.2, -0.15) is 5.26 Å². The van der Waals surface area contributed by atoms with Crippen molar-refractivity contribution < 1.29 is 4.42 Å². The Morgan fingerprint density at radius 1 is 1.35 bits per heavy atom. The van der Waals surface area contributed by atoms with Crippen LogP contribution in [-0.4, -0.2) is 9.97 Å². The van der Waals surface area contributed by atoms with Gasteiger partial charge in [0.1, 0.15) is 17.3 Å². The molecule has 4 heteroatoms. The Hall–Kier alpha value is -2.54. The first-order valence-corrected chi connectivity index (χ1v) is 6.61. The molecule has 0 bridgehead atoms. The highest BCUT2D eigenvalue weighted by Gasteiger charge is 2.13. The Balaban J connectivity index is 1.86. The fraction of sp³-hybridized carbons (Fsp3) is 0.250. The van der Waals surface area contributed by atoms with Crippen molar-refractivity contribution >= 4 is 11.0 Å². The maximum Gasteiger partial charge on any atom is 0.107 e. The number of furan rings is 1. The minimum Gasteiger partial charge on any atom is -0.466 e. The molecule has 0 aliphatic heterocycles. The summed E-state index contributed by atoms with van der Waals surface area (Å²) in [6, 6.07) is 11.6. The molecule has 1 unspecified atom stereocenters. The summed E-state index contributed by atoms with van der Waals surface area (Å²) in [4.78, 5) is 7.83. The molecule has 0 fully saturated rings. The summed E-state index contributed by atoms with van der Waals surface area (Å²) in [7, 11) is 0. The van der Waals surface area contributed by atoms with Crippen LogP contribution < -0.4 is 0 Å². The van der Waals surface area contributed by atoms with Crippen molar-refractivity contribution in [2.24, 2.45) is 0 Å². The number of aromatic nitrogens is 2. The smallest absolute Gasteiger partial charge is 0.107 e. The first-order chi connectivity index (χ1) is 9.65. The second kappa shape index (κ2) is 4.86. The molecule has 0 saturated heterocycles. The van der Waals surface area contributed by atoms with Crippen molar-refractivity contribution in [3.05, 3.63) is 53.2 Å². The molecule has 0 aliphatic carbocycles. The molecular formula is C16H15N3O. The van der Waals surface area contributed by atoms with Crippen molar-refractivity contribution in [1.82, 2.24) is 9.97 Å². The van der Waals surface area contributed by atoms with Gasteiger partial charge in [-0.3, -0.25) is 0 Å². The van der Waals surface area contributed by atoms with Gasteiger partial charge in [-0.1, -0.05) is 6.92 Å². The van der Waals surface area contributed by atoms with Crippen molar-refractivity contribution in [1.29, 1.82) is 5.26 Å². The minimum atomic E-state index is 0.264. The van der Waals surface area contributed by atoms with Crippen LogP contribution in [-0.2, 0) is 6.42 Å². The van der Waals surface area contributed by atoms with Crippen LogP contribution in [0.2, 0.25) is 0 Å². The quantitative estimate of drug-likeness (QED) is 0.785. The standard InChI is InChI=1S/C16H15N3O/c1-10(15-6-3-11(2)20-15)7-16-18-13-5-4-12(9-17)8-14(13)19-16/h3-6,8,10H,7H2,1-2H3,(H,18,19). The van der Waals surface area contributed by atoms with Gasteiger partial charge in [-0.15, -0.1) is 0 Å². The van der Waals surface area contributed by atoms with E-state index in [1.54, 1.807) is 6.07 Å². The molecule has 3 rings (SSSR count). The van der Waals surface area contributed by atoms with Gasteiger partial charge < -0.3 is 9.40 Å². The molecule has 0 spiro atoms. The molecule has 2 heterocycles. The van der Waals surface area contributed by atoms with Gasteiger partial charge in [0.15, 0.2) is 0 Å². The Kier molecular flexibility index (Phi) is 3.03. The lowest BCUT2D eigenvalue weighted by Gasteiger charge is -2.05. The van der Waals surface area contributed by atoms with Crippen molar-refractivity contribution in [3.63, 3.8) is 0 Å². The van der Waals surface area contributed by atoms with E-state index in [9.17, 15) is 0 Å². The predicted molar refractivity (Wildman–Crippen MR) is 76.4 cm³/mol. The van der Waals surface area contributed by atoms with E-state index < -0.39 is 0 Å².